The Bertz CT molecular complexity index is 1140. The number of nitrogens with one attached hydrogen (secondary N) is 2. The third-order valence-corrected chi connectivity index (χ3v) is 6.58. The number of rotatable bonds is 3. The van der Waals surface area contributed by atoms with E-state index >= 15 is 0 Å². The number of carbonyl (C=O) groups is 1. The van der Waals surface area contributed by atoms with Crippen LogP contribution in [0.3, 0.4) is 0 Å². The van der Waals surface area contributed by atoms with E-state index in [0.29, 0.717) is 6.42 Å². The summed E-state index contributed by atoms with van der Waals surface area (Å²) in [5.41, 5.74) is 8.90. The van der Waals surface area contributed by atoms with Crippen molar-refractivity contribution in [3.63, 3.8) is 0 Å². The lowest BCUT2D eigenvalue weighted by Gasteiger charge is -2.30. The standard InChI is InChI=1S/C28H28N2O/c1-3-19-10-14-21(15-11-19)28-27-25(29-23-6-4-5-7-24(23)30-28)16-22(17-26(27)31)20-12-8-18(2)9-13-20/h4-15,22,28-30H,3,16-17H2,1-2H3/t22-,28-/m0/s1. The third kappa shape index (κ3) is 3.76. The summed E-state index contributed by atoms with van der Waals surface area (Å²) in [6.07, 6.45) is 2.39. The maximum absolute atomic E-state index is 13.6. The summed E-state index contributed by atoms with van der Waals surface area (Å²) >= 11 is 0. The second-order valence-electron chi connectivity index (χ2n) is 8.67. The summed E-state index contributed by atoms with van der Waals surface area (Å²) in [7, 11) is 0. The Morgan fingerprint density at radius 3 is 2.23 bits per heavy atom. The van der Waals surface area contributed by atoms with E-state index in [9.17, 15) is 4.79 Å². The van der Waals surface area contributed by atoms with Crippen molar-refractivity contribution in [2.75, 3.05) is 10.6 Å². The zero-order valence-corrected chi connectivity index (χ0v) is 18.1. The van der Waals surface area contributed by atoms with Gasteiger partial charge in [-0.3, -0.25) is 4.79 Å². The molecule has 2 atom stereocenters. The summed E-state index contributed by atoms with van der Waals surface area (Å²) in [6.45, 7) is 4.26. The first-order valence-electron chi connectivity index (χ1n) is 11.2. The van der Waals surface area contributed by atoms with Crippen molar-refractivity contribution in [1.82, 2.24) is 0 Å². The van der Waals surface area contributed by atoms with Gasteiger partial charge in [0.2, 0.25) is 0 Å². The van der Waals surface area contributed by atoms with Crippen molar-refractivity contribution in [2.45, 2.75) is 45.1 Å². The fraction of sp³-hybridized carbons (Fsp3) is 0.250. The molecular formula is C28H28N2O. The van der Waals surface area contributed by atoms with Crippen LogP contribution in [0.1, 0.15) is 54.0 Å². The Kier molecular flexibility index (Phi) is 5.11. The SMILES string of the molecule is CCc1ccc([C@@H]2Nc3ccccc3NC3=C2C(=O)C[C@@H](c2ccc(C)cc2)C3)cc1. The number of ketones is 1. The average Bonchev–Trinajstić information content (AvgIpc) is 2.96. The van der Waals surface area contributed by atoms with Gasteiger partial charge in [0, 0.05) is 17.7 Å². The number of anilines is 2. The van der Waals surface area contributed by atoms with Crippen LogP contribution in [0.4, 0.5) is 11.4 Å². The van der Waals surface area contributed by atoms with Gasteiger partial charge < -0.3 is 10.6 Å². The van der Waals surface area contributed by atoms with E-state index in [-0.39, 0.29) is 17.7 Å². The second kappa shape index (κ2) is 8.07. The predicted molar refractivity (Wildman–Crippen MR) is 127 cm³/mol. The molecule has 3 aromatic rings. The van der Waals surface area contributed by atoms with Crippen LogP contribution in [-0.4, -0.2) is 5.78 Å². The highest BCUT2D eigenvalue weighted by Gasteiger charge is 2.35. The number of hydrogen-bond donors (Lipinski definition) is 2. The molecule has 5 rings (SSSR count). The Balaban J connectivity index is 1.58. The molecule has 0 saturated heterocycles. The molecule has 0 radical (unpaired) electrons. The van der Waals surface area contributed by atoms with Crippen molar-refractivity contribution in [3.05, 3.63) is 106 Å². The van der Waals surface area contributed by atoms with Gasteiger partial charge in [0.25, 0.3) is 0 Å². The van der Waals surface area contributed by atoms with Gasteiger partial charge >= 0.3 is 0 Å². The van der Waals surface area contributed by atoms with Crippen LogP contribution in [-0.2, 0) is 11.2 Å². The summed E-state index contributed by atoms with van der Waals surface area (Å²) in [5, 5.41) is 7.29. The number of fused-ring (bicyclic) bond motifs is 1. The molecule has 1 aliphatic heterocycles. The number of aryl methyl sites for hydroxylation is 2. The number of Topliss-reactive ketones (excluding diaryl/α,β-unsaturated/α-hetero) is 1. The van der Waals surface area contributed by atoms with E-state index in [4.69, 9.17) is 0 Å². The summed E-state index contributed by atoms with van der Waals surface area (Å²) < 4.78 is 0. The molecule has 1 aliphatic carbocycles. The molecule has 0 fully saturated rings. The fourth-order valence-electron chi connectivity index (χ4n) is 4.76. The molecule has 0 unspecified atom stereocenters. The van der Waals surface area contributed by atoms with Crippen molar-refractivity contribution in [2.24, 2.45) is 0 Å². The first-order chi connectivity index (χ1) is 15.1. The molecule has 3 heteroatoms. The molecule has 31 heavy (non-hydrogen) atoms. The third-order valence-electron chi connectivity index (χ3n) is 6.58. The molecular weight excluding hydrogens is 380 g/mol. The van der Waals surface area contributed by atoms with Gasteiger partial charge in [-0.05, 0) is 54.5 Å². The second-order valence-corrected chi connectivity index (χ2v) is 8.67. The highest BCUT2D eigenvalue weighted by molar-refractivity contribution is 6.01. The number of carbonyl (C=O) groups excluding carboxylic acids is 1. The molecule has 3 nitrogen and oxygen atoms in total. The van der Waals surface area contributed by atoms with E-state index in [1.807, 2.05) is 12.1 Å². The number of benzene rings is 3. The zero-order valence-electron chi connectivity index (χ0n) is 18.1. The molecule has 0 spiro atoms. The highest BCUT2D eigenvalue weighted by atomic mass is 16.1. The first kappa shape index (κ1) is 19.6. The van der Waals surface area contributed by atoms with Crippen molar-refractivity contribution < 1.29 is 4.79 Å². The van der Waals surface area contributed by atoms with Gasteiger partial charge in [-0.25, -0.2) is 0 Å². The van der Waals surface area contributed by atoms with Gasteiger partial charge in [0.05, 0.1) is 17.4 Å². The van der Waals surface area contributed by atoms with Crippen LogP contribution < -0.4 is 10.6 Å². The van der Waals surface area contributed by atoms with Gasteiger partial charge in [-0.15, -0.1) is 0 Å². The Morgan fingerprint density at radius 2 is 1.52 bits per heavy atom. The normalized spacial score (nSPS) is 20.3. The Morgan fingerprint density at radius 1 is 0.839 bits per heavy atom. The summed E-state index contributed by atoms with van der Waals surface area (Å²) in [6, 6.07) is 25.4. The number of para-hydroxylation sites is 2. The summed E-state index contributed by atoms with van der Waals surface area (Å²) in [5.74, 6) is 0.428. The van der Waals surface area contributed by atoms with Gasteiger partial charge in [-0.1, -0.05) is 73.2 Å². The minimum absolute atomic E-state index is 0.150. The van der Waals surface area contributed by atoms with E-state index < -0.39 is 0 Å². The average molecular weight is 409 g/mol. The van der Waals surface area contributed by atoms with Crippen molar-refractivity contribution in [1.29, 1.82) is 0 Å². The molecule has 0 bridgehead atoms. The quantitative estimate of drug-likeness (QED) is 0.517. The van der Waals surface area contributed by atoms with Crippen LogP contribution in [0.25, 0.3) is 0 Å². The molecule has 3 aromatic carbocycles. The minimum Gasteiger partial charge on any atom is -0.372 e. The lowest BCUT2D eigenvalue weighted by molar-refractivity contribution is -0.116. The largest absolute Gasteiger partial charge is 0.372 e. The predicted octanol–water partition coefficient (Wildman–Crippen LogP) is 6.54. The molecule has 0 saturated carbocycles. The van der Waals surface area contributed by atoms with Crippen LogP contribution >= 0.6 is 0 Å². The van der Waals surface area contributed by atoms with Crippen LogP contribution in [0.5, 0.6) is 0 Å². The van der Waals surface area contributed by atoms with Crippen molar-refractivity contribution in [3.8, 4) is 0 Å². The maximum atomic E-state index is 13.6. The maximum Gasteiger partial charge on any atom is 0.163 e. The number of hydrogen-bond acceptors (Lipinski definition) is 3. The lowest BCUT2D eigenvalue weighted by atomic mass is 9.78. The Labute approximate surface area is 184 Å². The lowest BCUT2D eigenvalue weighted by Crippen LogP contribution is -2.26. The Hall–Kier alpha value is -3.33. The number of allylic oxidation sites excluding steroid dienone is 1. The molecule has 2 N–H and O–H groups in total. The molecule has 0 amide bonds. The molecule has 156 valence electrons. The van der Waals surface area contributed by atoms with Gasteiger partial charge in [-0.2, -0.15) is 0 Å². The van der Waals surface area contributed by atoms with E-state index in [1.54, 1.807) is 0 Å². The van der Waals surface area contributed by atoms with Gasteiger partial charge in [0.1, 0.15) is 0 Å². The topological polar surface area (TPSA) is 41.1 Å². The molecule has 2 aliphatic rings. The minimum atomic E-state index is -0.150. The van der Waals surface area contributed by atoms with Crippen LogP contribution in [0.15, 0.2) is 84.1 Å². The highest BCUT2D eigenvalue weighted by Crippen LogP contribution is 2.44. The van der Waals surface area contributed by atoms with Crippen molar-refractivity contribution >= 4 is 17.2 Å². The van der Waals surface area contributed by atoms with E-state index in [1.165, 1.54) is 16.7 Å². The van der Waals surface area contributed by atoms with Crippen LogP contribution in [0.2, 0.25) is 0 Å². The summed E-state index contributed by atoms with van der Waals surface area (Å²) in [4.78, 5) is 13.6. The fourth-order valence-corrected chi connectivity index (χ4v) is 4.76. The molecule has 0 aromatic heterocycles. The van der Waals surface area contributed by atoms with Crippen LogP contribution in [0, 0.1) is 6.92 Å². The molecule has 1 heterocycles. The first-order valence-corrected chi connectivity index (χ1v) is 11.2. The van der Waals surface area contributed by atoms with E-state index in [2.05, 4.69) is 85.1 Å². The monoisotopic (exact) mass is 408 g/mol. The smallest absolute Gasteiger partial charge is 0.163 e. The zero-order chi connectivity index (χ0) is 21.4. The van der Waals surface area contributed by atoms with E-state index in [0.717, 1.165) is 41.1 Å². The van der Waals surface area contributed by atoms with Gasteiger partial charge in [0.15, 0.2) is 5.78 Å².